The van der Waals surface area contributed by atoms with Crippen LogP contribution in [0, 0.1) is 17.2 Å². The van der Waals surface area contributed by atoms with E-state index in [-0.39, 0.29) is 18.6 Å². The van der Waals surface area contributed by atoms with Crippen molar-refractivity contribution in [2.75, 3.05) is 13.1 Å². The topological polar surface area (TPSA) is 52.9 Å². The Labute approximate surface area is 133 Å². The van der Waals surface area contributed by atoms with Gasteiger partial charge in [-0.25, -0.2) is 0 Å². The Balaban J connectivity index is 2.21. The van der Waals surface area contributed by atoms with Crippen LogP contribution in [0.4, 0.5) is 13.2 Å². The van der Waals surface area contributed by atoms with Crippen LogP contribution in [0.25, 0.3) is 0 Å². The summed E-state index contributed by atoms with van der Waals surface area (Å²) in [5.74, 6) is -1.31. The van der Waals surface area contributed by atoms with E-state index in [2.05, 4.69) is 11.4 Å². The van der Waals surface area contributed by atoms with Crippen molar-refractivity contribution < 1.29 is 18.0 Å². The van der Waals surface area contributed by atoms with Crippen LogP contribution in [0.1, 0.15) is 36.0 Å². The van der Waals surface area contributed by atoms with Gasteiger partial charge in [0, 0.05) is 18.9 Å². The fraction of sp³-hybridized carbons (Fsp3) is 0.529. The van der Waals surface area contributed by atoms with Crippen molar-refractivity contribution in [3.05, 3.63) is 34.9 Å². The highest BCUT2D eigenvalue weighted by Gasteiger charge is 2.34. The maximum Gasteiger partial charge on any atom is 0.389 e. The van der Waals surface area contributed by atoms with E-state index in [1.807, 2.05) is 0 Å². The minimum absolute atomic E-state index is 0.126. The predicted molar refractivity (Wildman–Crippen MR) is 79.8 cm³/mol. The van der Waals surface area contributed by atoms with E-state index in [4.69, 9.17) is 5.26 Å². The lowest BCUT2D eigenvalue weighted by molar-refractivity contribution is -0.153. The Morgan fingerprint density at radius 2 is 1.91 bits per heavy atom. The molecule has 0 bridgehead atoms. The fourth-order valence-corrected chi connectivity index (χ4v) is 2.92. The number of nitrogens with zero attached hydrogens (tertiary/aromatic N) is 1. The van der Waals surface area contributed by atoms with Crippen LogP contribution in [0.15, 0.2) is 18.2 Å². The number of alkyl halides is 3. The number of Topliss-reactive ketones (excluding diaryl/α,β-unsaturated/α-hetero) is 1. The lowest BCUT2D eigenvalue weighted by Gasteiger charge is -2.18. The van der Waals surface area contributed by atoms with E-state index in [0.717, 1.165) is 11.1 Å². The average Bonchev–Trinajstić information content (AvgIpc) is 2.52. The summed E-state index contributed by atoms with van der Waals surface area (Å²) in [6.07, 6.45) is -3.95. The van der Waals surface area contributed by atoms with Gasteiger partial charge < -0.3 is 5.32 Å². The molecule has 0 fully saturated rings. The fourth-order valence-electron chi connectivity index (χ4n) is 2.92. The molecule has 124 valence electrons. The minimum Gasteiger partial charge on any atom is -0.316 e. The van der Waals surface area contributed by atoms with Crippen molar-refractivity contribution in [2.45, 2.75) is 38.3 Å². The Hall–Kier alpha value is -1.87. The molecule has 1 aromatic carbocycles. The van der Waals surface area contributed by atoms with Gasteiger partial charge in [-0.15, -0.1) is 0 Å². The summed E-state index contributed by atoms with van der Waals surface area (Å²) < 4.78 is 38.1. The number of fused-ring (bicyclic) bond motifs is 1. The van der Waals surface area contributed by atoms with Crippen LogP contribution in [0.2, 0.25) is 0 Å². The van der Waals surface area contributed by atoms with E-state index in [1.54, 1.807) is 18.2 Å². The van der Waals surface area contributed by atoms with Crippen molar-refractivity contribution >= 4 is 5.78 Å². The second kappa shape index (κ2) is 7.60. The Morgan fingerprint density at radius 3 is 2.61 bits per heavy atom. The van der Waals surface area contributed by atoms with Crippen molar-refractivity contribution in [3.8, 4) is 6.07 Å². The van der Waals surface area contributed by atoms with Gasteiger partial charge in [0.15, 0.2) is 0 Å². The lowest BCUT2D eigenvalue weighted by atomic mass is 9.89. The highest BCUT2D eigenvalue weighted by molar-refractivity contribution is 5.81. The normalized spacial score (nSPS) is 20.3. The number of nitriles is 1. The molecule has 1 N–H and O–H groups in total. The van der Waals surface area contributed by atoms with Gasteiger partial charge in [-0.05, 0) is 49.1 Å². The molecule has 1 aliphatic heterocycles. The van der Waals surface area contributed by atoms with Crippen LogP contribution in [0.3, 0.4) is 0 Å². The number of halogens is 3. The van der Waals surface area contributed by atoms with Crippen molar-refractivity contribution in [1.82, 2.24) is 5.32 Å². The molecule has 1 unspecified atom stereocenters. The van der Waals surface area contributed by atoms with Crippen LogP contribution in [0.5, 0.6) is 0 Å². The maximum atomic E-state index is 12.7. The Kier molecular flexibility index (Phi) is 5.78. The van der Waals surface area contributed by atoms with Crippen LogP contribution in [-0.2, 0) is 17.6 Å². The quantitative estimate of drug-likeness (QED) is 0.863. The molecule has 1 aromatic rings. The largest absolute Gasteiger partial charge is 0.389 e. The highest BCUT2D eigenvalue weighted by atomic mass is 19.4. The van der Waals surface area contributed by atoms with E-state index >= 15 is 0 Å². The number of aryl methyl sites for hydroxylation is 1. The van der Waals surface area contributed by atoms with Crippen molar-refractivity contribution in [3.63, 3.8) is 0 Å². The predicted octanol–water partition coefficient (Wildman–Crippen LogP) is 3.16. The molecule has 0 saturated heterocycles. The molecule has 3 nitrogen and oxygen atoms in total. The summed E-state index contributed by atoms with van der Waals surface area (Å²) in [4.78, 5) is 12.1. The van der Waals surface area contributed by atoms with Gasteiger partial charge in [-0.2, -0.15) is 18.4 Å². The molecule has 1 heterocycles. The zero-order chi connectivity index (χ0) is 16.9. The van der Waals surface area contributed by atoms with Gasteiger partial charge in [0.25, 0.3) is 0 Å². The first-order chi connectivity index (χ1) is 10.9. The first-order valence-corrected chi connectivity index (χ1v) is 7.71. The minimum atomic E-state index is -4.33. The smallest absolute Gasteiger partial charge is 0.316 e. The molecule has 0 aliphatic carbocycles. The number of rotatable bonds is 1. The van der Waals surface area contributed by atoms with Gasteiger partial charge in [0.05, 0.1) is 18.1 Å². The molecule has 1 aliphatic rings. The van der Waals surface area contributed by atoms with Crippen LogP contribution < -0.4 is 5.32 Å². The van der Waals surface area contributed by atoms with E-state index < -0.39 is 18.5 Å². The second-order valence-corrected chi connectivity index (χ2v) is 5.87. The molecule has 0 aromatic heterocycles. The first kappa shape index (κ1) is 17.5. The second-order valence-electron chi connectivity index (χ2n) is 5.87. The SMILES string of the molecule is N#Cc1ccc2c(c1)CCNCCC(=O)C(CC(F)(F)F)CC2. The highest BCUT2D eigenvalue weighted by Crippen LogP contribution is 2.29. The number of nitrogens with one attached hydrogen (secondary N) is 1. The first-order valence-electron chi connectivity index (χ1n) is 7.71. The zero-order valence-corrected chi connectivity index (χ0v) is 12.7. The number of carbonyl (C=O) groups is 1. The summed E-state index contributed by atoms with van der Waals surface area (Å²) >= 11 is 0. The average molecular weight is 324 g/mol. The molecule has 1 atom stereocenters. The van der Waals surface area contributed by atoms with Crippen LogP contribution >= 0.6 is 0 Å². The monoisotopic (exact) mass is 324 g/mol. The number of hydrogen-bond acceptors (Lipinski definition) is 3. The molecule has 6 heteroatoms. The molecule has 0 radical (unpaired) electrons. The summed E-state index contributed by atoms with van der Waals surface area (Å²) in [5, 5.41) is 12.1. The Morgan fingerprint density at radius 1 is 1.17 bits per heavy atom. The molecular weight excluding hydrogens is 305 g/mol. The van der Waals surface area contributed by atoms with Gasteiger partial charge in [-0.1, -0.05) is 6.07 Å². The van der Waals surface area contributed by atoms with E-state index in [0.29, 0.717) is 31.5 Å². The molecule has 0 spiro atoms. The number of ketones is 1. The molecule has 2 rings (SSSR count). The van der Waals surface area contributed by atoms with Gasteiger partial charge >= 0.3 is 6.18 Å². The third kappa shape index (κ3) is 5.36. The number of carbonyl (C=O) groups excluding carboxylic acids is 1. The zero-order valence-electron chi connectivity index (χ0n) is 12.7. The van der Waals surface area contributed by atoms with E-state index in [9.17, 15) is 18.0 Å². The van der Waals surface area contributed by atoms with Crippen LogP contribution in [-0.4, -0.2) is 25.0 Å². The van der Waals surface area contributed by atoms with Crippen molar-refractivity contribution in [1.29, 1.82) is 5.26 Å². The summed E-state index contributed by atoms with van der Waals surface area (Å²) in [7, 11) is 0. The molecular formula is C17H19F3N2O. The summed E-state index contributed by atoms with van der Waals surface area (Å²) in [5.41, 5.74) is 2.44. The van der Waals surface area contributed by atoms with Gasteiger partial charge in [0.1, 0.15) is 5.78 Å². The molecule has 0 saturated carbocycles. The lowest BCUT2D eigenvalue weighted by Crippen LogP contribution is -2.26. The maximum absolute atomic E-state index is 12.7. The third-order valence-electron chi connectivity index (χ3n) is 4.15. The molecule has 0 amide bonds. The van der Waals surface area contributed by atoms with Gasteiger partial charge in [-0.3, -0.25) is 4.79 Å². The van der Waals surface area contributed by atoms with E-state index in [1.165, 1.54) is 0 Å². The summed E-state index contributed by atoms with van der Waals surface area (Å²) in [6.45, 7) is 1.03. The molecule has 23 heavy (non-hydrogen) atoms. The Bertz CT molecular complexity index is 605. The summed E-state index contributed by atoms with van der Waals surface area (Å²) in [6, 6.07) is 7.33. The van der Waals surface area contributed by atoms with Gasteiger partial charge in [0.2, 0.25) is 0 Å². The third-order valence-corrected chi connectivity index (χ3v) is 4.15. The van der Waals surface area contributed by atoms with Crippen molar-refractivity contribution in [2.24, 2.45) is 5.92 Å². The standard InChI is InChI=1S/C17H19F3N2O/c18-17(19,20)10-15-4-3-13-2-1-12(11-21)9-14(13)5-7-22-8-6-16(15)23/h1-2,9,15,22H,3-8,10H2. The number of hydrogen-bond donors (Lipinski definition) is 1. The number of benzene rings is 1.